The summed E-state index contributed by atoms with van der Waals surface area (Å²) >= 11 is 24.7. The highest BCUT2D eigenvalue weighted by Gasteiger charge is 2.20. The largest absolute Gasteiger partial charge is 0.480 e. The fourth-order valence-electron chi connectivity index (χ4n) is 1.25. The summed E-state index contributed by atoms with van der Waals surface area (Å²) in [7, 11) is 0. The van der Waals surface area contributed by atoms with Crippen LogP contribution in [0.25, 0.3) is 0 Å². The Kier molecular flexibility index (Phi) is 6.75. The first kappa shape index (κ1) is 17.7. The maximum absolute atomic E-state index is 11.0. The highest BCUT2D eigenvalue weighted by atomic mass is 35.5. The Labute approximate surface area is 139 Å². The molecule has 0 fully saturated rings. The van der Waals surface area contributed by atoms with Crippen molar-refractivity contribution in [3.05, 3.63) is 26.2 Å². The Bertz CT molecular complexity index is 553. The molecule has 0 radical (unpaired) electrons. The van der Waals surface area contributed by atoms with E-state index < -0.39 is 17.9 Å². The van der Waals surface area contributed by atoms with Gasteiger partial charge >= 0.3 is 5.97 Å². The Balaban J connectivity index is 2.88. The Morgan fingerprint density at radius 2 is 1.85 bits per heavy atom. The van der Waals surface area contributed by atoms with Crippen molar-refractivity contribution in [2.45, 2.75) is 17.9 Å². The lowest BCUT2D eigenvalue weighted by Crippen LogP contribution is -2.41. The molecule has 0 aromatic heterocycles. The summed E-state index contributed by atoms with van der Waals surface area (Å²) in [6, 6.07) is 0.455. The molecule has 0 saturated carbocycles. The molecule has 4 nitrogen and oxygen atoms in total. The zero-order chi connectivity index (χ0) is 15.4. The second-order valence-electron chi connectivity index (χ2n) is 3.70. The average molecular weight is 377 g/mol. The molecule has 9 heteroatoms. The fraction of sp³-hybridized carbons (Fsp3) is 0.273. The lowest BCUT2D eigenvalue weighted by atomic mass is 10.3. The van der Waals surface area contributed by atoms with E-state index in [1.807, 2.05) is 0 Å². The number of carbonyl (C=O) groups is 2. The van der Waals surface area contributed by atoms with E-state index in [0.29, 0.717) is 4.90 Å². The molecule has 0 spiro atoms. The van der Waals surface area contributed by atoms with Gasteiger partial charge in [-0.2, -0.15) is 0 Å². The topological polar surface area (TPSA) is 66.4 Å². The molecular weight excluding hydrogens is 368 g/mol. The van der Waals surface area contributed by atoms with Crippen molar-refractivity contribution >= 4 is 70.0 Å². The zero-order valence-corrected chi connectivity index (χ0v) is 13.9. The molecule has 0 unspecified atom stereocenters. The second-order valence-corrected chi connectivity index (χ2v) is 6.30. The molecular formula is C11H9Cl4NO3S. The van der Waals surface area contributed by atoms with Crippen LogP contribution >= 0.6 is 58.2 Å². The minimum absolute atomic E-state index is 0.0723. The standard InChI is InChI=1S/C11H9Cl4NO3S/c1-4(17)16-6(11(18)19)3-20-7-2-5(12)8(13)10(15)9(7)14/h2,6H,3H2,1H3,(H,16,17)(H,18,19)/t6-/m0/s1. The lowest BCUT2D eigenvalue weighted by Gasteiger charge is -2.14. The van der Waals surface area contributed by atoms with Crippen molar-refractivity contribution < 1.29 is 14.7 Å². The SMILES string of the molecule is CC(=O)N[C@@H](CSc1cc(Cl)c(Cl)c(Cl)c1Cl)C(=O)O. The number of amides is 1. The van der Waals surface area contributed by atoms with E-state index in [1.54, 1.807) is 0 Å². The van der Waals surface area contributed by atoms with Crippen LogP contribution in [0.3, 0.4) is 0 Å². The minimum Gasteiger partial charge on any atom is -0.480 e. The first-order valence-corrected chi connectivity index (χ1v) is 7.69. The van der Waals surface area contributed by atoms with Gasteiger partial charge < -0.3 is 10.4 Å². The van der Waals surface area contributed by atoms with Crippen LogP contribution in [0.2, 0.25) is 20.1 Å². The van der Waals surface area contributed by atoms with Gasteiger partial charge in [0.15, 0.2) is 0 Å². The predicted octanol–water partition coefficient (Wildman–Crippen LogP) is 3.98. The van der Waals surface area contributed by atoms with E-state index in [-0.39, 0.29) is 25.8 Å². The molecule has 0 aliphatic heterocycles. The highest BCUT2D eigenvalue weighted by Crippen LogP contribution is 2.42. The lowest BCUT2D eigenvalue weighted by molar-refractivity contribution is -0.140. The van der Waals surface area contributed by atoms with Crippen molar-refractivity contribution in [3.63, 3.8) is 0 Å². The molecule has 1 aromatic rings. The number of rotatable bonds is 5. The summed E-state index contributed by atoms with van der Waals surface area (Å²) in [6.07, 6.45) is 0. The number of hydrogen-bond acceptors (Lipinski definition) is 3. The third-order valence-corrected chi connectivity index (χ3v) is 5.15. The summed E-state index contributed by atoms with van der Waals surface area (Å²) in [5, 5.41) is 12.0. The maximum atomic E-state index is 11.0. The van der Waals surface area contributed by atoms with Crippen LogP contribution in [0.4, 0.5) is 0 Å². The van der Waals surface area contributed by atoms with Gasteiger partial charge in [0.2, 0.25) is 5.91 Å². The summed E-state index contributed by atoms with van der Waals surface area (Å²) in [4.78, 5) is 22.4. The monoisotopic (exact) mass is 375 g/mol. The Morgan fingerprint density at radius 3 is 2.35 bits per heavy atom. The predicted molar refractivity (Wildman–Crippen MR) is 82.4 cm³/mol. The van der Waals surface area contributed by atoms with Gasteiger partial charge in [-0.05, 0) is 6.07 Å². The molecule has 0 heterocycles. The van der Waals surface area contributed by atoms with Gasteiger partial charge in [-0.25, -0.2) is 4.79 Å². The molecule has 0 bridgehead atoms. The molecule has 1 amide bonds. The van der Waals surface area contributed by atoms with E-state index >= 15 is 0 Å². The van der Waals surface area contributed by atoms with Crippen LogP contribution in [-0.4, -0.2) is 28.8 Å². The molecule has 0 saturated heterocycles. The number of aliphatic carboxylic acids is 1. The van der Waals surface area contributed by atoms with Crippen molar-refractivity contribution in [2.24, 2.45) is 0 Å². The molecule has 1 atom stereocenters. The molecule has 0 aliphatic carbocycles. The van der Waals surface area contributed by atoms with Crippen molar-refractivity contribution in [2.75, 3.05) is 5.75 Å². The number of halogens is 4. The zero-order valence-electron chi connectivity index (χ0n) is 10.0. The number of benzene rings is 1. The van der Waals surface area contributed by atoms with E-state index in [4.69, 9.17) is 51.5 Å². The summed E-state index contributed by atoms with van der Waals surface area (Å²) in [5.74, 6) is -1.51. The number of carboxylic acid groups (broad SMARTS) is 1. The van der Waals surface area contributed by atoms with E-state index in [1.165, 1.54) is 13.0 Å². The van der Waals surface area contributed by atoms with Crippen molar-refractivity contribution in [3.8, 4) is 0 Å². The van der Waals surface area contributed by atoms with Gasteiger partial charge in [-0.1, -0.05) is 46.4 Å². The maximum Gasteiger partial charge on any atom is 0.327 e. The Hall–Kier alpha value is -0.330. The van der Waals surface area contributed by atoms with Gasteiger partial charge in [-0.3, -0.25) is 4.79 Å². The van der Waals surface area contributed by atoms with E-state index in [2.05, 4.69) is 5.32 Å². The van der Waals surface area contributed by atoms with E-state index in [9.17, 15) is 9.59 Å². The third-order valence-electron chi connectivity index (χ3n) is 2.15. The highest BCUT2D eigenvalue weighted by molar-refractivity contribution is 7.99. The molecule has 110 valence electrons. The van der Waals surface area contributed by atoms with Crippen molar-refractivity contribution in [1.29, 1.82) is 0 Å². The van der Waals surface area contributed by atoms with Crippen LogP contribution in [0.5, 0.6) is 0 Å². The smallest absolute Gasteiger partial charge is 0.327 e. The number of carbonyl (C=O) groups excluding carboxylic acids is 1. The number of hydrogen-bond donors (Lipinski definition) is 2. The number of nitrogens with one attached hydrogen (secondary N) is 1. The quantitative estimate of drug-likeness (QED) is 0.463. The normalized spacial score (nSPS) is 12.1. The minimum atomic E-state index is -1.14. The van der Waals surface area contributed by atoms with Crippen LogP contribution in [-0.2, 0) is 9.59 Å². The molecule has 0 aliphatic rings. The van der Waals surface area contributed by atoms with Crippen LogP contribution in [0, 0.1) is 0 Å². The molecule has 1 rings (SSSR count). The van der Waals surface area contributed by atoms with Gasteiger partial charge in [-0.15, -0.1) is 11.8 Å². The van der Waals surface area contributed by atoms with E-state index in [0.717, 1.165) is 11.8 Å². The van der Waals surface area contributed by atoms with Gasteiger partial charge in [0.25, 0.3) is 0 Å². The van der Waals surface area contributed by atoms with Gasteiger partial charge in [0.1, 0.15) is 6.04 Å². The summed E-state index contributed by atoms with van der Waals surface area (Å²) in [5.41, 5.74) is 0. The number of carboxylic acids is 1. The Morgan fingerprint density at radius 1 is 1.25 bits per heavy atom. The van der Waals surface area contributed by atoms with Gasteiger partial charge in [0, 0.05) is 17.6 Å². The first-order valence-electron chi connectivity index (χ1n) is 5.19. The molecule has 20 heavy (non-hydrogen) atoms. The van der Waals surface area contributed by atoms with Crippen LogP contribution < -0.4 is 5.32 Å². The fourth-order valence-corrected chi connectivity index (χ4v) is 3.34. The average Bonchev–Trinajstić information content (AvgIpc) is 2.36. The van der Waals surface area contributed by atoms with Crippen LogP contribution in [0.1, 0.15) is 6.92 Å². The number of thioether (sulfide) groups is 1. The third kappa shape index (κ3) is 4.60. The first-order chi connectivity index (χ1) is 9.23. The van der Waals surface area contributed by atoms with Crippen LogP contribution in [0.15, 0.2) is 11.0 Å². The molecule has 1 aromatic carbocycles. The van der Waals surface area contributed by atoms with Gasteiger partial charge in [0.05, 0.1) is 20.1 Å². The second kappa shape index (κ2) is 7.61. The summed E-state index contributed by atoms with van der Waals surface area (Å²) < 4.78 is 0. The van der Waals surface area contributed by atoms with Crippen molar-refractivity contribution in [1.82, 2.24) is 5.32 Å². The molecule has 2 N–H and O–H groups in total. The summed E-state index contributed by atoms with van der Waals surface area (Å²) in [6.45, 7) is 1.24.